The average Bonchev–Trinajstić information content (AvgIpc) is 0.849. The number of hydrogen-bond donors (Lipinski definition) is 12. The highest BCUT2D eigenvalue weighted by molar-refractivity contribution is 5.94. The minimum absolute atomic E-state index is 0. The van der Waals surface area contributed by atoms with E-state index in [9.17, 15) is 77.0 Å². The van der Waals surface area contributed by atoms with E-state index in [1.807, 2.05) is 121 Å². The number of nitrogens with one attached hydrogen (secondary N) is 2. The molecule has 0 aliphatic carbocycles. The first-order chi connectivity index (χ1) is 62.3. The van der Waals surface area contributed by atoms with Crippen molar-refractivity contribution in [3.8, 4) is 0 Å². The van der Waals surface area contributed by atoms with Crippen LogP contribution in [0.25, 0.3) is 36.5 Å². The minimum atomic E-state index is -1.05. The number of aliphatic carboxylic acids is 3. The molecular formula is C98H118Cl2F2N10O22. The van der Waals surface area contributed by atoms with E-state index in [0.717, 1.165) is 104 Å². The molecule has 0 saturated heterocycles. The highest BCUT2D eigenvalue weighted by Crippen LogP contribution is 2.21. The molecule has 0 fully saturated rings. The number of anilines is 2. The Morgan fingerprint density at radius 2 is 0.739 bits per heavy atom. The number of rotatable bonds is 31. The van der Waals surface area contributed by atoms with Crippen molar-refractivity contribution >= 4 is 144 Å². The normalized spacial score (nSPS) is 8.98. The predicted molar refractivity (Wildman–Crippen MR) is 529 cm³/mol. The number of aromatic carboxylic acids is 1. The third-order valence-corrected chi connectivity index (χ3v) is 14.9. The molecule has 8 rings (SSSR count). The molecule has 0 radical (unpaired) electrons. The Balaban J connectivity index is -0.000000340. The van der Waals surface area contributed by atoms with E-state index in [4.69, 9.17) is 64.3 Å². The van der Waals surface area contributed by atoms with Gasteiger partial charge in [-0.2, -0.15) is 8.78 Å². The summed E-state index contributed by atoms with van der Waals surface area (Å²) in [5.41, 5.74) is 43.0. The fraction of sp³-hybridized carbons (Fsp3) is 0.163. The first-order valence-corrected chi connectivity index (χ1v) is 38.8. The number of carboxylic acids is 4. The van der Waals surface area contributed by atoms with Crippen LogP contribution in [0, 0.1) is 31.9 Å². The number of nitro benzene ring substituents is 2. The maximum Gasteiger partial charge on any atom is 0.338 e. The molecule has 0 aliphatic heterocycles. The van der Waals surface area contributed by atoms with Crippen molar-refractivity contribution in [2.24, 2.45) is 22.9 Å². The van der Waals surface area contributed by atoms with Crippen molar-refractivity contribution in [3.05, 3.63) is 394 Å². The zero-order valence-electron chi connectivity index (χ0n) is 75.2. The zero-order chi connectivity index (χ0) is 101. The van der Waals surface area contributed by atoms with E-state index < -0.39 is 74.6 Å². The smallest absolute Gasteiger partial charge is 0.338 e. The molecule has 0 heterocycles. The summed E-state index contributed by atoms with van der Waals surface area (Å²) in [5.74, 6) is -8.93. The summed E-state index contributed by atoms with van der Waals surface area (Å²) in [6.07, 6.45) is 11.5. The molecular weight excluding hydrogens is 1780 g/mol. The Bertz CT molecular complexity index is 5060. The lowest BCUT2D eigenvalue weighted by atomic mass is 10.1. The number of halogens is 4. The fourth-order valence-electron chi connectivity index (χ4n) is 7.85. The van der Waals surface area contributed by atoms with Gasteiger partial charge in [0, 0.05) is 90.2 Å². The third-order valence-electron chi connectivity index (χ3n) is 14.9. The topological polar surface area (TPSA) is 555 Å². The van der Waals surface area contributed by atoms with Gasteiger partial charge in [0.05, 0.1) is 39.5 Å². The fourth-order valence-corrected chi connectivity index (χ4v) is 7.85. The van der Waals surface area contributed by atoms with Crippen LogP contribution in [0.1, 0.15) is 116 Å². The molecule has 0 atom stereocenters. The van der Waals surface area contributed by atoms with Crippen molar-refractivity contribution in [1.82, 2.24) is 10.6 Å². The number of nitrogens with two attached hydrogens (primary N) is 6. The van der Waals surface area contributed by atoms with Gasteiger partial charge in [-0.1, -0.05) is 225 Å². The molecule has 8 aromatic carbocycles. The number of benzene rings is 8. The molecule has 0 aromatic heterocycles. The summed E-state index contributed by atoms with van der Waals surface area (Å²) >= 11 is 0. The second-order valence-corrected chi connectivity index (χ2v) is 25.9. The average molecular weight is 1900 g/mol. The largest absolute Gasteiger partial charge is 0.481 e. The van der Waals surface area contributed by atoms with Gasteiger partial charge >= 0.3 is 59.1 Å². The standard InChI is InChI=1S/C13H13FN2O5.C13H12FNO6.C10H10O2.2C9H11N.C9H8O2.2C8H9N.C6H12N2O.C6H11NO2.C4H6O2.C3H4O2.2ClH/c1-8(2)12(17)15-5-6-21-13(18)9-3-4-10(14)11(7-9)16(19)20;1-8(2)12(16)20-5-6-21-13(17)9-3-4-10(14)11(7-9)15(18)19;1-2-8-3-5-9(6-4-8)7-10(11)12;1-2-8-3-5-9(7-10)6-4-8;1-2-8-4-3-5-9(6-8)7-10;1-2-7-3-5-8(6-4-7)9(10)11;1-2-7-3-5-8(9)6-4-7;1-2-7-4-3-5-8(9)6-7;1-5(2)6(9)8-4-3-7;1-5(2)6(8)9-4-3-7;1-3(2)4(5)6;1-2-3(4)5;;/h3-4,7H,1,5-6H2,2H3,(H,15,17);3-4,7H,1,5-6H2,2H3;2-6H,1,7H2,(H,11,12);2*2-6H,1,7,10H2;2-6H,1H2,(H,10,11);2*2-6H,1,9H2;1,3-4,7H2,2H3,(H,8,9);1,3-4,7H2,2H3;1H2,2H3,(H,5,6);2H,1H2,(H,4,5);2*1H. The lowest BCUT2D eigenvalue weighted by molar-refractivity contribution is -0.387. The van der Waals surface area contributed by atoms with E-state index in [-0.39, 0.29) is 104 Å². The number of hydrogen-bond acceptors (Lipinski definition) is 24. The number of carbonyl (C=O) groups is 10. The highest BCUT2D eigenvalue weighted by atomic mass is 35.5. The van der Waals surface area contributed by atoms with E-state index in [1.165, 1.54) is 20.8 Å². The Morgan fingerprint density at radius 1 is 0.396 bits per heavy atom. The van der Waals surface area contributed by atoms with Gasteiger partial charge in [-0.05, 0) is 145 Å². The van der Waals surface area contributed by atoms with Crippen LogP contribution in [0.15, 0.2) is 295 Å². The molecule has 8 aromatic rings. The second-order valence-electron chi connectivity index (χ2n) is 25.9. The number of nitrogen functional groups attached to an aromatic ring is 2. The van der Waals surface area contributed by atoms with Gasteiger partial charge in [-0.15, -0.1) is 24.8 Å². The monoisotopic (exact) mass is 1890 g/mol. The van der Waals surface area contributed by atoms with Gasteiger partial charge in [-0.3, -0.25) is 34.6 Å². The van der Waals surface area contributed by atoms with Crippen molar-refractivity contribution in [3.63, 3.8) is 0 Å². The summed E-state index contributed by atoms with van der Waals surface area (Å²) in [7, 11) is 0. The molecule has 18 N–H and O–H groups in total. The summed E-state index contributed by atoms with van der Waals surface area (Å²) in [5, 5.41) is 58.6. The maximum absolute atomic E-state index is 13.1. The van der Waals surface area contributed by atoms with E-state index in [2.05, 4.69) is 99.1 Å². The lowest BCUT2D eigenvalue weighted by Crippen LogP contribution is -2.29. The van der Waals surface area contributed by atoms with Gasteiger partial charge < -0.3 is 84.4 Å². The Hall–Kier alpha value is -16.0. The van der Waals surface area contributed by atoms with E-state index in [1.54, 1.807) is 74.5 Å². The Kier molecular flexibility index (Phi) is 74.0. The zero-order valence-corrected chi connectivity index (χ0v) is 76.8. The number of ether oxygens (including phenoxy) is 4. The molecule has 2 amide bonds. The first kappa shape index (κ1) is 129. The SMILES string of the molecule is C=C(C)C(=O)NCCN.C=C(C)C(=O)NCCOC(=O)c1ccc(F)c([N+](=O)[O-])c1.C=C(C)C(=O)O.C=C(C)C(=O)OCCN.C=C(C)C(=O)OCCOC(=O)c1ccc(F)c([N+](=O)[O-])c1.C=CC(=O)O.C=Cc1ccc(C(=O)O)cc1.C=Cc1ccc(CC(=O)O)cc1.C=Cc1ccc(CN)cc1.C=Cc1ccc(N)cc1.C=Cc1cccc(CN)c1.C=Cc1cccc(N)c1.Cl.Cl. The molecule has 720 valence electrons. The number of amides is 2. The summed E-state index contributed by atoms with van der Waals surface area (Å²) in [4.78, 5) is 125. The highest BCUT2D eigenvalue weighted by Gasteiger charge is 2.20. The number of carboxylic acid groups (broad SMARTS) is 4. The lowest BCUT2D eigenvalue weighted by Gasteiger charge is -2.06. The number of nitrogens with zero attached hydrogens (tertiary/aromatic N) is 2. The second kappa shape index (κ2) is 77.0. The van der Waals surface area contributed by atoms with Gasteiger partial charge in [0.2, 0.25) is 23.4 Å². The van der Waals surface area contributed by atoms with Crippen LogP contribution >= 0.6 is 24.8 Å². The number of esters is 4. The van der Waals surface area contributed by atoms with Crippen LogP contribution in [0.4, 0.5) is 31.5 Å². The van der Waals surface area contributed by atoms with Crippen LogP contribution in [-0.2, 0) is 72.0 Å². The van der Waals surface area contributed by atoms with Crippen molar-refractivity contribution in [2.45, 2.75) is 54.1 Å². The number of carbonyl (C=O) groups excluding carboxylic acids is 6. The van der Waals surface area contributed by atoms with Crippen LogP contribution in [-0.4, -0.2) is 142 Å². The van der Waals surface area contributed by atoms with Gasteiger partial charge in [0.25, 0.3) is 0 Å². The van der Waals surface area contributed by atoms with Crippen molar-refractivity contribution < 1.29 is 106 Å². The van der Waals surface area contributed by atoms with Gasteiger partial charge in [0.1, 0.15) is 26.4 Å². The third kappa shape index (κ3) is 64.7. The molecule has 0 saturated carbocycles. The molecule has 0 spiro atoms. The predicted octanol–water partition coefficient (Wildman–Crippen LogP) is 16.4. The Labute approximate surface area is 790 Å². The van der Waals surface area contributed by atoms with Gasteiger partial charge in [-0.25, -0.2) is 33.6 Å². The number of nitro groups is 2. The van der Waals surface area contributed by atoms with Crippen LogP contribution in [0.5, 0.6) is 0 Å². The molecule has 134 heavy (non-hydrogen) atoms. The van der Waals surface area contributed by atoms with Crippen LogP contribution < -0.4 is 45.0 Å². The summed E-state index contributed by atoms with van der Waals surface area (Å²) in [6, 6.07) is 50.4. The minimum Gasteiger partial charge on any atom is -0.481 e. The molecule has 0 unspecified atom stereocenters. The summed E-state index contributed by atoms with van der Waals surface area (Å²) in [6.45, 7) is 51.5. The summed E-state index contributed by atoms with van der Waals surface area (Å²) < 4.78 is 45.0. The van der Waals surface area contributed by atoms with Crippen molar-refractivity contribution in [1.29, 1.82) is 0 Å². The van der Waals surface area contributed by atoms with Crippen LogP contribution in [0.3, 0.4) is 0 Å². The first-order valence-electron chi connectivity index (χ1n) is 38.8. The van der Waals surface area contributed by atoms with E-state index >= 15 is 0 Å². The van der Waals surface area contributed by atoms with Crippen LogP contribution in [0.2, 0.25) is 0 Å². The molecule has 0 bridgehead atoms. The quantitative estimate of drug-likeness (QED) is 0.00365. The molecule has 36 heteroatoms. The van der Waals surface area contributed by atoms with E-state index in [0.29, 0.717) is 55.0 Å². The van der Waals surface area contributed by atoms with Gasteiger partial charge in [0.15, 0.2) is 0 Å². The Morgan fingerprint density at radius 3 is 1.06 bits per heavy atom. The molecule has 0 aliphatic rings. The van der Waals surface area contributed by atoms with Crippen molar-refractivity contribution in [2.75, 3.05) is 64.1 Å². The maximum atomic E-state index is 13.1. The molecule has 32 nitrogen and oxygen atoms in total.